The van der Waals surface area contributed by atoms with E-state index < -0.39 is 12.0 Å². The van der Waals surface area contributed by atoms with Crippen molar-refractivity contribution in [2.75, 3.05) is 20.3 Å². The van der Waals surface area contributed by atoms with Gasteiger partial charge >= 0.3 is 5.97 Å². The molecule has 3 heterocycles. The molecule has 4 rings (SSSR count). The number of thiazole rings is 1. The molecular weight excluding hydrogens is 491 g/mol. The number of halogens is 2. The highest BCUT2D eigenvalue weighted by Crippen LogP contribution is 2.33. The van der Waals surface area contributed by atoms with Gasteiger partial charge in [-0.25, -0.2) is 9.79 Å². The second-order valence-electron chi connectivity index (χ2n) is 6.90. The van der Waals surface area contributed by atoms with Crippen molar-refractivity contribution < 1.29 is 14.3 Å². The van der Waals surface area contributed by atoms with Gasteiger partial charge in [-0.15, -0.1) is 11.3 Å². The zero-order chi connectivity index (χ0) is 22.8. The molecule has 10 heteroatoms. The van der Waals surface area contributed by atoms with Crippen LogP contribution in [0.15, 0.2) is 56.8 Å². The van der Waals surface area contributed by atoms with Crippen LogP contribution < -0.4 is 14.9 Å². The number of hydrogen-bond donors (Lipinski definition) is 0. The average molecular weight is 509 g/mol. The van der Waals surface area contributed by atoms with E-state index in [9.17, 15) is 9.59 Å². The molecule has 0 radical (unpaired) electrons. The lowest BCUT2D eigenvalue weighted by Crippen LogP contribution is -2.39. The van der Waals surface area contributed by atoms with Crippen LogP contribution in [0.3, 0.4) is 0 Å². The molecule has 166 valence electrons. The van der Waals surface area contributed by atoms with E-state index in [0.29, 0.717) is 30.6 Å². The van der Waals surface area contributed by atoms with E-state index in [4.69, 9.17) is 32.7 Å². The van der Waals surface area contributed by atoms with Crippen LogP contribution in [0.1, 0.15) is 23.4 Å². The highest BCUT2D eigenvalue weighted by molar-refractivity contribution is 7.10. The maximum atomic E-state index is 13.4. The zero-order valence-corrected chi connectivity index (χ0v) is 20.3. The van der Waals surface area contributed by atoms with Crippen molar-refractivity contribution in [2.24, 2.45) is 4.99 Å². The maximum absolute atomic E-state index is 13.4. The van der Waals surface area contributed by atoms with Gasteiger partial charge in [0.05, 0.1) is 32.5 Å². The number of allylic oxidation sites excluding steroid dienone is 1. The van der Waals surface area contributed by atoms with Gasteiger partial charge in [0.1, 0.15) is 12.6 Å². The van der Waals surface area contributed by atoms with E-state index in [2.05, 4.69) is 4.99 Å². The van der Waals surface area contributed by atoms with Gasteiger partial charge in [0, 0.05) is 12.0 Å². The first-order valence-corrected chi connectivity index (χ1v) is 12.0. The summed E-state index contributed by atoms with van der Waals surface area (Å²) in [7, 11) is 1.53. The van der Waals surface area contributed by atoms with Crippen LogP contribution in [0, 0.1) is 0 Å². The normalized spacial score (nSPS) is 16.1. The van der Waals surface area contributed by atoms with Crippen LogP contribution in [0.5, 0.6) is 0 Å². The van der Waals surface area contributed by atoms with Crippen LogP contribution in [0.4, 0.5) is 0 Å². The molecular formula is C22H18Cl2N2O4S2. The Morgan fingerprint density at radius 1 is 1.25 bits per heavy atom. The Kier molecular flexibility index (Phi) is 6.97. The van der Waals surface area contributed by atoms with Crippen LogP contribution in [-0.2, 0) is 14.3 Å². The number of methoxy groups -OCH3 is 1. The van der Waals surface area contributed by atoms with E-state index >= 15 is 0 Å². The molecule has 2 aromatic heterocycles. The van der Waals surface area contributed by atoms with Crippen molar-refractivity contribution in [2.45, 2.75) is 13.0 Å². The van der Waals surface area contributed by atoms with Gasteiger partial charge in [-0.2, -0.15) is 0 Å². The lowest BCUT2D eigenvalue weighted by Gasteiger charge is -2.23. The van der Waals surface area contributed by atoms with E-state index in [1.54, 1.807) is 35.8 Å². The third kappa shape index (κ3) is 4.46. The smallest absolute Gasteiger partial charge is 0.338 e. The van der Waals surface area contributed by atoms with Gasteiger partial charge in [-0.05, 0) is 42.1 Å². The number of ether oxygens (including phenoxy) is 2. The van der Waals surface area contributed by atoms with Crippen molar-refractivity contribution in [3.63, 3.8) is 0 Å². The largest absolute Gasteiger partial charge is 0.460 e. The van der Waals surface area contributed by atoms with E-state index in [0.717, 1.165) is 10.4 Å². The van der Waals surface area contributed by atoms with Gasteiger partial charge in [0.15, 0.2) is 4.80 Å². The van der Waals surface area contributed by atoms with Crippen LogP contribution in [0.25, 0.3) is 6.08 Å². The predicted molar refractivity (Wildman–Crippen MR) is 127 cm³/mol. The summed E-state index contributed by atoms with van der Waals surface area (Å²) in [6.07, 6.45) is 1.74. The number of thiophene rings is 1. The van der Waals surface area contributed by atoms with Gasteiger partial charge in [0.2, 0.25) is 0 Å². The molecule has 0 bridgehead atoms. The molecule has 3 aromatic rings. The minimum atomic E-state index is -0.614. The first-order valence-electron chi connectivity index (χ1n) is 9.57. The fraction of sp³-hybridized carbons (Fsp3) is 0.227. The quantitative estimate of drug-likeness (QED) is 0.375. The molecule has 1 atom stereocenters. The Morgan fingerprint density at radius 2 is 2.06 bits per heavy atom. The second kappa shape index (κ2) is 9.72. The second-order valence-corrected chi connectivity index (χ2v) is 9.70. The Bertz CT molecular complexity index is 1370. The summed E-state index contributed by atoms with van der Waals surface area (Å²) in [5.41, 5.74) is 1.37. The first kappa shape index (κ1) is 22.9. The molecule has 1 aromatic carbocycles. The van der Waals surface area contributed by atoms with Crippen LogP contribution >= 0.6 is 45.9 Å². The number of aromatic nitrogens is 1. The summed E-state index contributed by atoms with van der Waals surface area (Å²) in [5, 5.41) is 2.75. The van der Waals surface area contributed by atoms with Gasteiger partial charge in [-0.1, -0.05) is 46.7 Å². The summed E-state index contributed by atoms with van der Waals surface area (Å²) in [6, 6.07) is 8.33. The fourth-order valence-electron chi connectivity index (χ4n) is 3.35. The number of rotatable bonds is 6. The lowest BCUT2D eigenvalue weighted by atomic mass is 10.0. The van der Waals surface area contributed by atoms with Crippen molar-refractivity contribution >= 4 is 57.9 Å². The fourth-order valence-corrected chi connectivity index (χ4v) is 5.52. The molecule has 1 aliphatic rings. The SMILES string of the molecule is COCCOC(=O)C1=C(C)N=c2sc(=Cc3ccc(Cl)c(Cl)c3)c(=O)n2C1c1cccs1. The third-order valence-corrected chi connectivity index (χ3v) is 7.46. The molecule has 1 aliphatic heterocycles. The number of carbonyl (C=O) groups excluding carboxylic acids is 1. The summed E-state index contributed by atoms with van der Waals surface area (Å²) < 4.78 is 12.4. The molecule has 1 unspecified atom stereocenters. The number of nitrogens with zero attached hydrogens (tertiary/aromatic N) is 2. The summed E-state index contributed by atoms with van der Waals surface area (Å²) in [4.78, 5) is 32.3. The summed E-state index contributed by atoms with van der Waals surface area (Å²) in [5.74, 6) is -0.513. The molecule has 0 N–H and O–H groups in total. The number of carbonyl (C=O) groups is 1. The number of benzene rings is 1. The molecule has 32 heavy (non-hydrogen) atoms. The highest BCUT2D eigenvalue weighted by atomic mass is 35.5. The number of hydrogen-bond acceptors (Lipinski definition) is 7. The summed E-state index contributed by atoms with van der Waals surface area (Å²) in [6.45, 7) is 2.15. The van der Waals surface area contributed by atoms with Crippen molar-refractivity contribution in [3.8, 4) is 0 Å². The molecule has 0 saturated carbocycles. The molecule has 0 saturated heterocycles. The van der Waals surface area contributed by atoms with Crippen molar-refractivity contribution in [1.29, 1.82) is 0 Å². The molecule has 0 spiro atoms. The minimum Gasteiger partial charge on any atom is -0.460 e. The molecule has 0 amide bonds. The Hall–Kier alpha value is -2.23. The number of esters is 1. The topological polar surface area (TPSA) is 69.9 Å². The monoisotopic (exact) mass is 508 g/mol. The first-order chi connectivity index (χ1) is 15.4. The standard InChI is InChI=1S/C22H18Cl2N2O4S2/c1-12-18(21(28)30-8-7-29-2)19(16-4-3-9-31-16)26-20(27)17(32-22(26)25-12)11-13-5-6-14(23)15(24)10-13/h3-6,9-11,19H,7-8H2,1-2H3. The number of fused-ring (bicyclic) bond motifs is 1. The zero-order valence-electron chi connectivity index (χ0n) is 17.1. The van der Waals surface area contributed by atoms with E-state index in [-0.39, 0.29) is 18.8 Å². The van der Waals surface area contributed by atoms with Gasteiger partial charge < -0.3 is 9.47 Å². The summed E-state index contributed by atoms with van der Waals surface area (Å²) >= 11 is 14.8. The third-order valence-electron chi connectivity index (χ3n) is 4.82. The van der Waals surface area contributed by atoms with Crippen LogP contribution in [0.2, 0.25) is 10.0 Å². The minimum absolute atomic E-state index is 0.116. The maximum Gasteiger partial charge on any atom is 0.338 e. The van der Waals surface area contributed by atoms with Crippen LogP contribution in [-0.4, -0.2) is 30.9 Å². The Balaban J connectivity index is 1.85. The Labute approximate surface area is 201 Å². The van der Waals surface area contributed by atoms with Crippen molar-refractivity contribution in [3.05, 3.63) is 87.2 Å². The average Bonchev–Trinajstić information content (AvgIpc) is 3.39. The van der Waals surface area contributed by atoms with E-state index in [1.165, 1.54) is 29.8 Å². The lowest BCUT2D eigenvalue weighted by molar-refractivity contribution is -0.140. The van der Waals surface area contributed by atoms with Gasteiger partial charge in [-0.3, -0.25) is 9.36 Å². The Morgan fingerprint density at radius 3 is 2.75 bits per heavy atom. The van der Waals surface area contributed by atoms with Gasteiger partial charge in [0.25, 0.3) is 5.56 Å². The van der Waals surface area contributed by atoms with Crippen molar-refractivity contribution in [1.82, 2.24) is 4.57 Å². The highest BCUT2D eigenvalue weighted by Gasteiger charge is 2.34. The van der Waals surface area contributed by atoms with E-state index in [1.807, 2.05) is 17.5 Å². The molecule has 0 aliphatic carbocycles. The predicted octanol–water partition coefficient (Wildman–Crippen LogP) is 3.79. The molecule has 6 nitrogen and oxygen atoms in total. The molecule has 0 fully saturated rings.